The van der Waals surface area contributed by atoms with Gasteiger partial charge in [0.1, 0.15) is 0 Å². The van der Waals surface area contributed by atoms with Gasteiger partial charge in [-0.1, -0.05) is 12.8 Å². The van der Waals surface area contributed by atoms with Crippen LogP contribution in [0.3, 0.4) is 0 Å². The highest BCUT2D eigenvalue weighted by Gasteiger charge is 2.17. The number of ether oxygens (including phenoxy) is 1. The van der Waals surface area contributed by atoms with Crippen molar-refractivity contribution >= 4 is 11.8 Å². The Kier molecular flexibility index (Phi) is 5.24. The molecule has 0 radical (unpaired) electrons. The van der Waals surface area contributed by atoms with Crippen LogP contribution in [0.25, 0.3) is 0 Å². The fraction of sp³-hybridized carbons (Fsp3) is 0.714. The Morgan fingerprint density at radius 3 is 2.58 bits per heavy atom. The van der Waals surface area contributed by atoms with E-state index in [-0.39, 0.29) is 11.8 Å². The molecule has 0 aliphatic carbocycles. The summed E-state index contributed by atoms with van der Waals surface area (Å²) in [6.45, 7) is 2.72. The maximum atomic E-state index is 12.0. The van der Waals surface area contributed by atoms with Crippen LogP contribution in [0.2, 0.25) is 0 Å². The summed E-state index contributed by atoms with van der Waals surface area (Å²) in [5.41, 5.74) is 0.669. The lowest BCUT2D eigenvalue weighted by Gasteiger charge is -2.20. The third kappa shape index (κ3) is 4.26. The molecule has 5 nitrogen and oxygen atoms in total. The third-order valence-electron chi connectivity index (χ3n) is 3.59. The van der Waals surface area contributed by atoms with Crippen LogP contribution < -0.4 is 5.32 Å². The zero-order valence-electron chi connectivity index (χ0n) is 11.3. The number of carbonyl (C=O) groups excluding carboxylic acids is 2. The normalized spacial score (nSPS) is 19.4. The van der Waals surface area contributed by atoms with Gasteiger partial charge in [-0.15, -0.1) is 0 Å². The lowest BCUT2D eigenvalue weighted by atomic mass is 10.2. The van der Waals surface area contributed by atoms with Gasteiger partial charge in [0.2, 0.25) is 11.8 Å². The van der Waals surface area contributed by atoms with E-state index < -0.39 is 0 Å². The lowest BCUT2D eigenvalue weighted by molar-refractivity contribution is -0.131. The van der Waals surface area contributed by atoms with Crippen molar-refractivity contribution in [3.8, 4) is 0 Å². The van der Waals surface area contributed by atoms with Gasteiger partial charge in [0.05, 0.1) is 18.4 Å². The molecule has 1 N–H and O–H groups in total. The van der Waals surface area contributed by atoms with Gasteiger partial charge in [-0.25, -0.2) is 0 Å². The van der Waals surface area contributed by atoms with E-state index in [2.05, 4.69) is 5.32 Å². The molecule has 0 bridgehead atoms. The van der Waals surface area contributed by atoms with Gasteiger partial charge in [0.25, 0.3) is 0 Å². The summed E-state index contributed by atoms with van der Waals surface area (Å²) in [5, 5.41) is 2.78. The maximum Gasteiger partial charge on any atom is 0.250 e. The summed E-state index contributed by atoms with van der Waals surface area (Å²) in [5.74, 6) is 0.0417. The first kappa shape index (κ1) is 13.9. The van der Waals surface area contributed by atoms with Gasteiger partial charge >= 0.3 is 0 Å². The molecule has 5 heteroatoms. The molecule has 0 aromatic heterocycles. The first-order valence-corrected chi connectivity index (χ1v) is 7.14. The summed E-state index contributed by atoms with van der Waals surface area (Å²) >= 11 is 0. The van der Waals surface area contributed by atoms with Crippen molar-refractivity contribution in [3.05, 3.63) is 11.8 Å². The average Bonchev–Trinajstić information content (AvgIpc) is 2.81. The second-order valence-corrected chi connectivity index (χ2v) is 5.06. The SMILES string of the molecule is O=C(NCCC(=O)N1CCCCCC1)C1=COCC1. The molecule has 2 aliphatic heterocycles. The Labute approximate surface area is 114 Å². The van der Waals surface area contributed by atoms with Gasteiger partial charge < -0.3 is 15.0 Å². The number of nitrogens with one attached hydrogen (secondary N) is 1. The molecule has 2 heterocycles. The van der Waals surface area contributed by atoms with Crippen LogP contribution in [0.1, 0.15) is 38.5 Å². The monoisotopic (exact) mass is 266 g/mol. The van der Waals surface area contributed by atoms with Crippen LogP contribution in [0, 0.1) is 0 Å². The number of likely N-dealkylation sites (tertiary alicyclic amines) is 1. The second-order valence-electron chi connectivity index (χ2n) is 5.06. The summed E-state index contributed by atoms with van der Waals surface area (Å²) in [6, 6.07) is 0. The van der Waals surface area contributed by atoms with Gasteiger partial charge in [0.15, 0.2) is 0 Å². The van der Waals surface area contributed by atoms with Gasteiger partial charge in [0, 0.05) is 32.5 Å². The van der Waals surface area contributed by atoms with Crippen LogP contribution in [0.15, 0.2) is 11.8 Å². The molecule has 0 aromatic carbocycles. The average molecular weight is 266 g/mol. The minimum Gasteiger partial charge on any atom is -0.500 e. The number of hydrogen-bond acceptors (Lipinski definition) is 3. The topological polar surface area (TPSA) is 58.6 Å². The van der Waals surface area contributed by atoms with E-state index >= 15 is 0 Å². The highest BCUT2D eigenvalue weighted by atomic mass is 16.5. The standard InChI is InChI=1S/C14H22N2O3/c17-13(16-8-3-1-2-4-9-16)5-7-15-14(18)12-6-10-19-11-12/h11H,1-10H2,(H,15,18). The second kappa shape index (κ2) is 7.16. The van der Waals surface area contributed by atoms with Gasteiger partial charge in [-0.2, -0.15) is 0 Å². The minimum absolute atomic E-state index is 0.110. The Bertz CT molecular complexity index is 358. The highest BCUT2D eigenvalue weighted by molar-refractivity contribution is 5.93. The van der Waals surface area contributed by atoms with Crippen molar-refractivity contribution in [2.24, 2.45) is 0 Å². The minimum atomic E-state index is -0.110. The van der Waals surface area contributed by atoms with Crippen LogP contribution in [0.4, 0.5) is 0 Å². The molecule has 106 valence electrons. The first-order valence-electron chi connectivity index (χ1n) is 7.14. The Morgan fingerprint density at radius 2 is 1.95 bits per heavy atom. The van der Waals surface area contributed by atoms with Crippen LogP contribution in [-0.2, 0) is 14.3 Å². The van der Waals surface area contributed by atoms with E-state index in [9.17, 15) is 9.59 Å². The Morgan fingerprint density at radius 1 is 1.21 bits per heavy atom. The molecule has 0 aromatic rings. The molecule has 0 saturated carbocycles. The third-order valence-corrected chi connectivity index (χ3v) is 3.59. The molecule has 19 heavy (non-hydrogen) atoms. The predicted octanol–water partition coefficient (Wildman–Crippen LogP) is 1.20. The van der Waals surface area contributed by atoms with Crippen molar-refractivity contribution in [1.29, 1.82) is 0 Å². The van der Waals surface area contributed by atoms with Crippen molar-refractivity contribution in [3.63, 3.8) is 0 Å². The molecule has 0 atom stereocenters. The van der Waals surface area contributed by atoms with Crippen LogP contribution in [0.5, 0.6) is 0 Å². The highest BCUT2D eigenvalue weighted by Crippen LogP contribution is 2.11. The van der Waals surface area contributed by atoms with E-state index in [1.165, 1.54) is 19.1 Å². The van der Waals surface area contributed by atoms with Crippen molar-refractivity contribution < 1.29 is 14.3 Å². The van der Waals surface area contributed by atoms with Crippen molar-refractivity contribution in [2.75, 3.05) is 26.2 Å². The predicted molar refractivity (Wildman–Crippen MR) is 71.3 cm³/mol. The van der Waals surface area contributed by atoms with Crippen LogP contribution >= 0.6 is 0 Å². The summed E-state index contributed by atoms with van der Waals surface area (Å²) in [4.78, 5) is 25.6. The number of carbonyl (C=O) groups is 2. The molecule has 1 saturated heterocycles. The fourth-order valence-electron chi connectivity index (χ4n) is 2.43. The molecule has 0 spiro atoms. The zero-order chi connectivity index (χ0) is 13.5. The molecule has 2 rings (SSSR count). The van der Waals surface area contributed by atoms with E-state index in [4.69, 9.17) is 4.74 Å². The molecule has 2 aliphatic rings. The number of rotatable bonds is 4. The first-order chi connectivity index (χ1) is 9.27. The van der Waals surface area contributed by atoms with Gasteiger partial charge in [-0.05, 0) is 12.8 Å². The largest absolute Gasteiger partial charge is 0.500 e. The van der Waals surface area contributed by atoms with E-state index in [0.29, 0.717) is 31.6 Å². The molecular formula is C14H22N2O3. The van der Waals surface area contributed by atoms with Crippen molar-refractivity contribution in [1.82, 2.24) is 10.2 Å². The lowest BCUT2D eigenvalue weighted by Crippen LogP contribution is -2.35. The molecule has 1 fully saturated rings. The Hall–Kier alpha value is -1.52. The smallest absolute Gasteiger partial charge is 0.250 e. The van der Waals surface area contributed by atoms with Crippen LogP contribution in [-0.4, -0.2) is 43.0 Å². The Balaban J connectivity index is 1.66. The molecule has 2 amide bonds. The molecular weight excluding hydrogens is 244 g/mol. The van der Waals surface area contributed by atoms with Crippen molar-refractivity contribution in [2.45, 2.75) is 38.5 Å². The number of amides is 2. The van der Waals surface area contributed by atoms with E-state index in [1.807, 2.05) is 4.90 Å². The number of hydrogen-bond donors (Lipinski definition) is 1. The van der Waals surface area contributed by atoms with E-state index in [1.54, 1.807) is 0 Å². The maximum absolute atomic E-state index is 12.0. The van der Waals surface area contributed by atoms with E-state index in [0.717, 1.165) is 25.9 Å². The summed E-state index contributed by atoms with van der Waals surface area (Å²) < 4.78 is 5.02. The number of nitrogens with zero attached hydrogens (tertiary/aromatic N) is 1. The molecule has 0 unspecified atom stereocenters. The quantitative estimate of drug-likeness (QED) is 0.832. The summed E-state index contributed by atoms with van der Waals surface area (Å²) in [6.07, 6.45) is 7.19. The zero-order valence-corrected chi connectivity index (χ0v) is 11.3. The van der Waals surface area contributed by atoms with Gasteiger partial charge in [-0.3, -0.25) is 9.59 Å². The summed E-state index contributed by atoms with van der Waals surface area (Å²) in [7, 11) is 0. The fourth-order valence-corrected chi connectivity index (χ4v) is 2.43.